The minimum Gasteiger partial charge on any atom is -0.481 e. The van der Waals surface area contributed by atoms with Gasteiger partial charge in [-0.3, -0.25) is 9.69 Å². The quantitative estimate of drug-likeness (QED) is 0.736. The molecule has 4 heteroatoms. The molecule has 1 rings (SSSR count). The van der Waals surface area contributed by atoms with Gasteiger partial charge in [-0.2, -0.15) is 0 Å². The number of hydrogen-bond acceptors (Lipinski definition) is 3. The van der Waals surface area contributed by atoms with Gasteiger partial charge in [-0.15, -0.1) is 0 Å². The number of ether oxygens (including phenoxy) is 1. The maximum Gasteiger partial charge on any atom is 0.303 e. The van der Waals surface area contributed by atoms with E-state index in [1.54, 1.807) is 0 Å². The zero-order valence-corrected chi connectivity index (χ0v) is 8.90. The van der Waals surface area contributed by atoms with E-state index in [0.717, 1.165) is 13.2 Å². The molecule has 0 aromatic rings. The Morgan fingerprint density at radius 2 is 2.36 bits per heavy atom. The molecular weight excluding hydrogens is 182 g/mol. The van der Waals surface area contributed by atoms with Crippen LogP contribution in [0, 0.1) is 0 Å². The van der Waals surface area contributed by atoms with Crippen molar-refractivity contribution >= 4 is 5.97 Å². The van der Waals surface area contributed by atoms with Gasteiger partial charge >= 0.3 is 5.97 Å². The normalized spacial score (nSPS) is 24.1. The molecule has 0 saturated carbocycles. The van der Waals surface area contributed by atoms with Crippen molar-refractivity contribution in [2.45, 2.75) is 38.8 Å². The third kappa shape index (κ3) is 3.27. The Kier molecular flexibility index (Phi) is 4.35. The lowest BCUT2D eigenvalue weighted by atomic mass is 10.1. The Labute approximate surface area is 84.8 Å². The number of morpholine rings is 1. The first-order valence-corrected chi connectivity index (χ1v) is 5.16. The second kappa shape index (κ2) is 5.32. The molecule has 1 heterocycles. The van der Waals surface area contributed by atoms with Gasteiger partial charge in [0.1, 0.15) is 0 Å². The van der Waals surface area contributed by atoms with Crippen LogP contribution in [-0.4, -0.2) is 47.8 Å². The summed E-state index contributed by atoms with van der Waals surface area (Å²) in [6, 6.07) is 0.748. The summed E-state index contributed by atoms with van der Waals surface area (Å²) < 4.78 is 5.36. The van der Waals surface area contributed by atoms with E-state index in [9.17, 15) is 4.79 Å². The van der Waals surface area contributed by atoms with Gasteiger partial charge in [0.2, 0.25) is 0 Å². The van der Waals surface area contributed by atoms with E-state index in [2.05, 4.69) is 18.7 Å². The van der Waals surface area contributed by atoms with Crippen molar-refractivity contribution in [2.24, 2.45) is 0 Å². The van der Waals surface area contributed by atoms with Gasteiger partial charge in [0.05, 0.1) is 13.2 Å². The van der Waals surface area contributed by atoms with Crippen LogP contribution in [0.4, 0.5) is 0 Å². The van der Waals surface area contributed by atoms with E-state index in [1.807, 2.05) is 0 Å². The predicted molar refractivity (Wildman–Crippen MR) is 53.3 cm³/mol. The van der Waals surface area contributed by atoms with Gasteiger partial charge in [-0.1, -0.05) is 0 Å². The van der Waals surface area contributed by atoms with E-state index in [1.165, 1.54) is 0 Å². The van der Waals surface area contributed by atoms with Crippen LogP contribution in [0.15, 0.2) is 0 Å². The molecule has 1 N–H and O–H groups in total. The Bertz CT molecular complexity index is 194. The molecule has 0 aliphatic carbocycles. The Morgan fingerprint density at radius 3 is 2.93 bits per heavy atom. The molecule has 0 amide bonds. The number of carbonyl (C=O) groups is 1. The second-order valence-electron chi connectivity index (χ2n) is 3.99. The van der Waals surface area contributed by atoms with Crippen molar-refractivity contribution in [2.75, 3.05) is 19.8 Å². The van der Waals surface area contributed by atoms with Crippen LogP contribution in [0.3, 0.4) is 0 Å². The van der Waals surface area contributed by atoms with Gasteiger partial charge in [-0.05, 0) is 20.3 Å². The summed E-state index contributed by atoms with van der Waals surface area (Å²) in [5.74, 6) is -0.723. The van der Waals surface area contributed by atoms with Crippen LogP contribution in [0.5, 0.6) is 0 Å². The summed E-state index contributed by atoms with van der Waals surface area (Å²) in [7, 11) is 0. The van der Waals surface area contributed by atoms with Crippen molar-refractivity contribution in [3.8, 4) is 0 Å². The molecule has 14 heavy (non-hydrogen) atoms. The average molecular weight is 201 g/mol. The van der Waals surface area contributed by atoms with Crippen molar-refractivity contribution in [1.29, 1.82) is 0 Å². The van der Waals surface area contributed by atoms with E-state index >= 15 is 0 Å². The number of carboxylic acids is 1. The first-order chi connectivity index (χ1) is 6.61. The fraction of sp³-hybridized carbons (Fsp3) is 0.900. The molecule has 1 saturated heterocycles. The fourth-order valence-electron chi connectivity index (χ4n) is 1.89. The largest absolute Gasteiger partial charge is 0.481 e. The lowest BCUT2D eigenvalue weighted by Gasteiger charge is -2.38. The van der Waals surface area contributed by atoms with Crippen LogP contribution < -0.4 is 0 Å². The zero-order valence-electron chi connectivity index (χ0n) is 8.90. The molecule has 0 unspecified atom stereocenters. The third-order valence-corrected chi connectivity index (χ3v) is 2.63. The Hall–Kier alpha value is -0.610. The first-order valence-electron chi connectivity index (χ1n) is 5.16. The van der Waals surface area contributed by atoms with Crippen LogP contribution in [-0.2, 0) is 9.53 Å². The van der Waals surface area contributed by atoms with Gasteiger partial charge in [-0.25, -0.2) is 0 Å². The first kappa shape index (κ1) is 11.5. The minimum atomic E-state index is -0.723. The van der Waals surface area contributed by atoms with E-state index in [-0.39, 0.29) is 12.5 Å². The molecule has 1 aliphatic rings. The molecule has 0 radical (unpaired) electrons. The van der Waals surface area contributed by atoms with Crippen molar-refractivity contribution in [3.63, 3.8) is 0 Å². The molecule has 0 aromatic carbocycles. The fourth-order valence-corrected chi connectivity index (χ4v) is 1.89. The standard InChI is InChI=1S/C10H19NO3/c1-8(2)11-5-6-14-7-9(11)3-4-10(12)13/h8-9H,3-7H2,1-2H3,(H,12,13)/t9-/m1/s1. The maximum atomic E-state index is 10.5. The van der Waals surface area contributed by atoms with Gasteiger partial charge in [0, 0.05) is 25.0 Å². The summed E-state index contributed by atoms with van der Waals surface area (Å²) in [6.07, 6.45) is 0.921. The van der Waals surface area contributed by atoms with Crippen LogP contribution in [0.2, 0.25) is 0 Å². The molecule has 1 atom stereocenters. The molecule has 0 spiro atoms. The zero-order chi connectivity index (χ0) is 10.6. The average Bonchev–Trinajstić information content (AvgIpc) is 2.15. The maximum absolute atomic E-state index is 10.5. The topological polar surface area (TPSA) is 49.8 Å². The summed E-state index contributed by atoms with van der Waals surface area (Å²) >= 11 is 0. The number of carboxylic acid groups (broad SMARTS) is 1. The lowest BCUT2D eigenvalue weighted by Crippen LogP contribution is -2.48. The van der Waals surface area contributed by atoms with Crippen molar-refractivity contribution in [1.82, 2.24) is 4.90 Å². The highest BCUT2D eigenvalue weighted by Gasteiger charge is 2.25. The molecule has 0 bridgehead atoms. The lowest BCUT2D eigenvalue weighted by molar-refractivity contribution is -0.137. The van der Waals surface area contributed by atoms with E-state index in [4.69, 9.17) is 9.84 Å². The second-order valence-corrected chi connectivity index (χ2v) is 3.99. The smallest absolute Gasteiger partial charge is 0.303 e. The number of hydrogen-bond donors (Lipinski definition) is 1. The van der Waals surface area contributed by atoms with Crippen molar-refractivity contribution in [3.05, 3.63) is 0 Å². The SMILES string of the molecule is CC(C)N1CCOC[C@H]1CCC(=O)O. The number of rotatable bonds is 4. The summed E-state index contributed by atoms with van der Waals surface area (Å²) in [6.45, 7) is 6.63. The van der Waals surface area contributed by atoms with Crippen molar-refractivity contribution < 1.29 is 14.6 Å². The van der Waals surface area contributed by atoms with Crippen LogP contribution in [0.1, 0.15) is 26.7 Å². The molecule has 82 valence electrons. The molecular formula is C10H19NO3. The third-order valence-electron chi connectivity index (χ3n) is 2.63. The van der Waals surface area contributed by atoms with Crippen LogP contribution in [0.25, 0.3) is 0 Å². The van der Waals surface area contributed by atoms with Gasteiger partial charge in [0.25, 0.3) is 0 Å². The summed E-state index contributed by atoms with van der Waals surface area (Å²) in [4.78, 5) is 12.8. The molecule has 4 nitrogen and oxygen atoms in total. The van der Waals surface area contributed by atoms with Gasteiger partial charge < -0.3 is 9.84 Å². The monoisotopic (exact) mass is 201 g/mol. The molecule has 1 aliphatic heterocycles. The highest BCUT2D eigenvalue weighted by molar-refractivity contribution is 5.66. The van der Waals surface area contributed by atoms with Gasteiger partial charge in [0.15, 0.2) is 0 Å². The number of nitrogens with zero attached hydrogens (tertiary/aromatic N) is 1. The van der Waals surface area contributed by atoms with Crippen LogP contribution >= 0.6 is 0 Å². The minimum absolute atomic E-state index is 0.233. The predicted octanol–water partition coefficient (Wildman–Crippen LogP) is 0.960. The van der Waals surface area contributed by atoms with E-state index < -0.39 is 5.97 Å². The number of aliphatic carboxylic acids is 1. The summed E-state index contributed by atoms with van der Waals surface area (Å²) in [5.41, 5.74) is 0. The molecule has 0 aromatic heterocycles. The Morgan fingerprint density at radius 1 is 1.64 bits per heavy atom. The molecule has 1 fully saturated rings. The highest BCUT2D eigenvalue weighted by Crippen LogP contribution is 2.15. The summed E-state index contributed by atoms with van der Waals surface area (Å²) in [5, 5.41) is 8.61. The van der Waals surface area contributed by atoms with E-state index in [0.29, 0.717) is 19.1 Å². The Balaban J connectivity index is 2.41. The highest BCUT2D eigenvalue weighted by atomic mass is 16.5.